The number of ether oxygens (including phenoxy) is 1. The van der Waals surface area contributed by atoms with Crippen molar-refractivity contribution in [1.82, 2.24) is 4.98 Å². The molecule has 3 nitrogen and oxygen atoms in total. The lowest BCUT2D eigenvalue weighted by Crippen LogP contribution is -2.28. The van der Waals surface area contributed by atoms with Crippen LogP contribution in [-0.2, 0) is 6.42 Å². The van der Waals surface area contributed by atoms with Crippen LogP contribution in [0, 0.1) is 11.3 Å². The second-order valence-corrected chi connectivity index (χ2v) is 6.29. The topological polar surface area (TPSA) is 39.2 Å². The van der Waals surface area contributed by atoms with Gasteiger partial charge in [0, 0.05) is 18.1 Å². The van der Waals surface area contributed by atoms with E-state index in [0.29, 0.717) is 24.8 Å². The number of carbonyl (C=O) groups excluding carboxylic acids is 1. The van der Waals surface area contributed by atoms with E-state index in [1.807, 2.05) is 6.07 Å². The molecule has 98 valence electrons. The summed E-state index contributed by atoms with van der Waals surface area (Å²) in [4.78, 5) is 16.5. The predicted molar refractivity (Wildman–Crippen MR) is 71.0 cm³/mol. The van der Waals surface area contributed by atoms with Gasteiger partial charge in [-0.2, -0.15) is 0 Å². The van der Waals surface area contributed by atoms with Crippen molar-refractivity contribution in [3.8, 4) is 5.88 Å². The van der Waals surface area contributed by atoms with E-state index >= 15 is 0 Å². The summed E-state index contributed by atoms with van der Waals surface area (Å²) in [6.45, 7) is 9.08. The first-order valence-corrected chi connectivity index (χ1v) is 6.53. The number of hydrogen-bond acceptors (Lipinski definition) is 3. The maximum atomic E-state index is 12.0. The van der Waals surface area contributed by atoms with Crippen LogP contribution in [0.15, 0.2) is 12.1 Å². The van der Waals surface area contributed by atoms with Gasteiger partial charge in [-0.15, -0.1) is 0 Å². The summed E-state index contributed by atoms with van der Waals surface area (Å²) in [5.74, 6) is 1.30. The molecule has 0 fully saturated rings. The number of Topliss-reactive ketones (excluding diaryl/α,β-unsaturated/α-hetero) is 1. The highest BCUT2D eigenvalue weighted by molar-refractivity contribution is 5.98. The van der Waals surface area contributed by atoms with Gasteiger partial charge in [0.15, 0.2) is 5.78 Å². The molecule has 0 saturated heterocycles. The highest BCUT2D eigenvalue weighted by Crippen LogP contribution is 2.34. The summed E-state index contributed by atoms with van der Waals surface area (Å²) in [5, 5.41) is 0. The molecule has 0 spiro atoms. The molecule has 1 aromatic heterocycles. The predicted octanol–water partition coefficient (Wildman–Crippen LogP) is 3.27. The zero-order chi connectivity index (χ0) is 13.3. The Hall–Kier alpha value is -1.38. The fraction of sp³-hybridized carbons (Fsp3) is 0.600. The molecule has 0 aromatic carbocycles. The van der Waals surface area contributed by atoms with Gasteiger partial charge in [-0.1, -0.05) is 27.7 Å². The Morgan fingerprint density at radius 1 is 1.33 bits per heavy atom. The number of pyridine rings is 1. The van der Waals surface area contributed by atoms with Crippen molar-refractivity contribution < 1.29 is 9.53 Å². The summed E-state index contributed by atoms with van der Waals surface area (Å²) in [6.07, 6.45) is 1.45. The molecule has 1 aromatic rings. The standard InChI is InChI=1S/C15H21NO2/c1-10(2)9-18-14-6-5-11-12(16-14)7-15(3,4)8-13(11)17/h5-6,10H,7-9H2,1-4H3. The molecule has 1 heterocycles. The SMILES string of the molecule is CC(C)COc1ccc2c(n1)CC(C)(C)CC2=O. The van der Waals surface area contributed by atoms with Gasteiger partial charge in [0.2, 0.25) is 5.88 Å². The van der Waals surface area contributed by atoms with Crippen molar-refractivity contribution in [3.05, 3.63) is 23.4 Å². The zero-order valence-electron chi connectivity index (χ0n) is 11.6. The smallest absolute Gasteiger partial charge is 0.213 e. The fourth-order valence-electron chi connectivity index (χ4n) is 2.25. The highest BCUT2D eigenvalue weighted by atomic mass is 16.5. The lowest BCUT2D eigenvalue weighted by Gasteiger charge is -2.29. The number of nitrogens with zero attached hydrogens (tertiary/aromatic N) is 1. The molecule has 0 N–H and O–H groups in total. The van der Waals surface area contributed by atoms with Crippen LogP contribution in [0.2, 0.25) is 0 Å². The van der Waals surface area contributed by atoms with Crippen LogP contribution in [-0.4, -0.2) is 17.4 Å². The van der Waals surface area contributed by atoms with Crippen molar-refractivity contribution in [2.45, 2.75) is 40.5 Å². The third-order valence-electron chi connectivity index (χ3n) is 3.10. The lowest BCUT2D eigenvalue weighted by molar-refractivity contribution is 0.0909. The average molecular weight is 247 g/mol. The number of rotatable bonds is 3. The van der Waals surface area contributed by atoms with Crippen molar-refractivity contribution in [2.24, 2.45) is 11.3 Å². The minimum atomic E-state index is 0.00769. The molecule has 0 aliphatic heterocycles. The quantitative estimate of drug-likeness (QED) is 0.823. The van der Waals surface area contributed by atoms with Gasteiger partial charge in [0.05, 0.1) is 12.3 Å². The molecule has 1 aliphatic rings. The minimum Gasteiger partial charge on any atom is -0.477 e. The number of hydrogen-bond donors (Lipinski definition) is 0. The monoisotopic (exact) mass is 247 g/mol. The third-order valence-corrected chi connectivity index (χ3v) is 3.10. The molecule has 0 bridgehead atoms. The van der Waals surface area contributed by atoms with Crippen LogP contribution in [0.25, 0.3) is 0 Å². The van der Waals surface area contributed by atoms with Crippen molar-refractivity contribution in [3.63, 3.8) is 0 Å². The summed E-state index contributed by atoms with van der Waals surface area (Å²) in [7, 11) is 0. The van der Waals surface area contributed by atoms with Crippen LogP contribution >= 0.6 is 0 Å². The van der Waals surface area contributed by atoms with Gasteiger partial charge in [0.1, 0.15) is 0 Å². The molecule has 0 radical (unpaired) electrons. The average Bonchev–Trinajstić information content (AvgIpc) is 2.24. The summed E-state index contributed by atoms with van der Waals surface area (Å²) < 4.78 is 5.61. The molecular formula is C15H21NO2. The van der Waals surface area contributed by atoms with Gasteiger partial charge >= 0.3 is 0 Å². The lowest BCUT2D eigenvalue weighted by atomic mass is 9.76. The largest absolute Gasteiger partial charge is 0.477 e. The number of fused-ring (bicyclic) bond motifs is 1. The Morgan fingerprint density at radius 3 is 2.72 bits per heavy atom. The molecule has 0 amide bonds. The van der Waals surface area contributed by atoms with E-state index in [0.717, 1.165) is 17.7 Å². The van der Waals surface area contributed by atoms with E-state index in [1.165, 1.54) is 0 Å². The van der Waals surface area contributed by atoms with E-state index in [1.54, 1.807) is 6.07 Å². The van der Waals surface area contributed by atoms with Gasteiger partial charge in [-0.3, -0.25) is 4.79 Å². The molecule has 2 rings (SSSR count). The van der Waals surface area contributed by atoms with Crippen LogP contribution in [0.1, 0.15) is 50.2 Å². The zero-order valence-corrected chi connectivity index (χ0v) is 11.6. The Balaban J connectivity index is 2.23. The maximum Gasteiger partial charge on any atom is 0.213 e. The van der Waals surface area contributed by atoms with E-state index < -0.39 is 0 Å². The Labute approximate surface area is 109 Å². The van der Waals surface area contributed by atoms with Crippen LogP contribution < -0.4 is 4.74 Å². The molecule has 18 heavy (non-hydrogen) atoms. The normalized spacial score (nSPS) is 17.7. The Bertz CT molecular complexity index is 464. The minimum absolute atomic E-state index is 0.00769. The fourth-order valence-corrected chi connectivity index (χ4v) is 2.25. The second kappa shape index (κ2) is 4.71. The molecule has 1 aliphatic carbocycles. The van der Waals surface area contributed by atoms with Gasteiger partial charge in [-0.25, -0.2) is 4.98 Å². The Morgan fingerprint density at radius 2 is 2.06 bits per heavy atom. The third kappa shape index (κ3) is 2.89. The molecule has 0 unspecified atom stereocenters. The first-order valence-electron chi connectivity index (χ1n) is 6.53. The van der Waals surface area contributed by atoms with Crippen molar-refractivity contribution in [1.29, 1.82) is 0 Å². The van der Waals surface area contributed by atoms with Gasteiger partial charge in [-0.05, 0) is 23.8 Å². The molecule has 0 atom stereocenters. The first kappa shape index (κ1) is 13.1. The Kier molecular flexibility index (Phi) is 3.42. The molecule has 0 saturated carbocycles. The number of aromatic nitrogens is 1. The highest BCUT2D eigenvalue weighted by Gasteiger charge is 2.31. The van der Waals surface area contributed by atoms with Crippen LogP contribution in [0.5, 0.6) is 5.88 Å². The van der Waals surface area contributed by atoms with Crippen LogP contribution in [0.4, 0.5) is 0 Å². The second-order valence-electron chi connectivity index (χ2n) is 6.29. The molecular weight excluding hydrogens is 226 g/mol. The maximum absolute atomic E-state index is 12.0. The van der Waals surface area contributed by atoms with Crippen molar-refractivity contribution >= 4 is 5.78 Å². The van der Waals surface area contributed by atoms with Crippen LogP contribution in [0.3, 0.4) is 0 Å². The van der Waals surface area contributed by atoms with Crippen molar-refractivity contribution in [2.75, 3.05) is 6.61 Å². The summed E-state index contributed by atoms with van der Waals surface area (Å²) in [5.41, 5.74) is 1.66. The first-order chi connectivity index (χ1) is 8.37. The van der Waals surface area contributed by atoms with E-state index in [4.69, 9.17) is 4.74 Å². The number of ketones is 1. The van der Waals surface area contributed by atoms with E-state index in [-0.39, 0.29) is 11.2 Å². The van der Waals surface area contributed by atoms with Gasteiger partial charge in [0.25, 0.3) is 0 Å². The summed E-state index contributed by atoms with van der Waals surface area (Å²) in [6, 6.07) is 3.66. The van der Waals surface area contributed by atoms with Gasteiger partial charge < -0.3 is 4.74 Å². The summed E-state index contributed by atoms with van der Waals surface area (Å²) >= 11 is 0. The van der Waals surface area contributed by atoms with E-state index in [2.05, 4.69) is 32.7 Å². The van der Waals surface area contributed by atoms with E-state index in [9.17, 15) is 4.79 Å². The molecule has 3 heteroatoms. The number of carbonyl (C=O) groups is 1.